The minimum atomic E-state index is -0.236. The number of nitrogens with two attached hydrogens (primary N) is 1. The van der Waals surface area contributed by atoms with Crippen molar-refractivity contribution >= 4 is 0 Å². The van der Waals surface area contributed by atoms with Gasteiger partial charge in [0, 0.05) is 11.6 Å². The molecular formula is C15H20N4O2. The number of nitrogens with one attached hydrogen (secondary N) is 1. The van der Waals surface area contributed by atoms with Gasteiger partial charge >= 0.3 is 0 Å². The van der Waals surface area contributed by atoms with E-state index >= 15 is 0 Å². The molecule has 1 heterocycles. The number of hydrogen-bond acceptors (Lipinski definition) is 6. The van der Waals surface area contributed by atoms with Gasteiger partial charge in [0.2, 0.25) is 0 Å². The highest BCUT2D eigenvalue weighted by molar-refractivity contribution is 5.46. The van der Waals surface area contributed by atoms with Crippen molar-refractivity contribution in [3.63, 3.8) is 0 Å². The number of ether oxygens (including phenoxy) is 2. The zero-order valence-electron chi connectivity index (χ0n) is 12.7. The van der Waals surface area contributed by atoms with E-state index < -0.39 is 0 Å². The second-order valence-electron chi connectivity index (χ2n) is 4.73. The Morgan fingerprint density at radius 2 is 1.81 bits per heavy atom. The van der Waals surface area contributed by atoms with E-state index in [2.05, 4.69) is 15.6 Å². The molecule has 0 aliphatic carbocycles. The first-order valence-corrected chi connectivity index (χ1v) is 6.59. The Morgan fingerprint density at radius 1 is 1.05 bits per heavy atom. The van der Waals surface area contributed by atoms with E-state index in [9.17, 15) is 0 Å². The van der Waals surface area contributed by atoms with Crippen LogP contribution in [0.2, 0.25) is 0 Å². The van der Waals surface area contributed by atoms with Crippen LogP contribution in [0.15, 0.2) is 24.3 Å². The quantitative estimate of drug-likeness (QED) is 0.643. The molecule has 3 N–H and O–H groups in total. The molecule has 1 atom stereocenters. The molecule has 0 bridgehead atoms. The van der Waals surface area contributed by atoms with E-state index in [-0.39, 0.29) is 6.04 Å². The van der Waals surface area contributed by atoms with E-state index in [0.717, 1.165) is 28.3 Å². The molecule has 2 rings (SSSR count). The number of hydrogen-bond donors (Lipinski definition) is 2. The van der Waals surface area contributed by atoms with Gasteiger partial charge in [-0.25, -0.2) is 5.43 Å². The Bertz CT molecular complexity index is 631. The average Bonchev–Trinajstić information content (AvgIpc) is 2.51. The summed E-state index contributed by atoms with van der Waals surface area (Å²) in [6.07, 6.45) is 0. The molecule has 21 heavy (non-hydrogen) atoms. The van der Waals surface area contributed by atoms with E-state index in [1.807, 2.05) is 38.1 Å². The van der Waals surface area contributed by atoms with Crippen molar-refractivity contribution in [1.29, 1.82) is 0 Å². The largest absolute Gasteiger partial charge is 0.497 e. The molecule has 1 aromatic carbocycles. The third-order valence-corrected chi connectivity index (χ3v) is 3.37. The Kier molecular flexibility index (Phi) is 4.72. The maximum absolute atomic E-state index is 5.76. The summed E-state index contributed by atoms with van der Waals surface area (Å²) in [7, 11) is 3.24. The third kappa shape index (κ3) is 3.12. The van der Waals surface area contributed by atoms with Crippen molar-refractivity contribution in [3.8, 4) is 11.5 Å². The maximum Gasteiger partial charge on any atom is 0.127 e. The summed E-state index contributed by atoms with van der Waals surface area (Å²) in [6.45, 7) is 3.80. The van der Waals surface area contributed by atoms with Crippen LogP contribution >= 0.6 is 0 Å². The number of aromatic nitrogens is 2. The molecule has 2 aromatic rings. The van der Waals surface area contributed by atoms with Crippen LogP contribution in [0.1, 0.15) is 28.6 Å². The molecule has 0 saturated heterocycles. The van der Waals surface area contributed by atoms with Gasteiger partial charge in [-0.1, -0.05) is 0 Å². The van der Waals surface area contributed by atoms with Gasteiger partial charge in [-0.3, -0.25) is 5.84 Å². The number of benzene rings is 1. The first kappa shape index (κ1) is 15.2. The fraction of sp³-hybridized carbons (Fsp3) is 0.333. The van der Waals surface area contributed by atoms with Crippen LogP contribution in [-0.2, 0) is 0 Å². The monoisotopic (exact) mass is 288 g/mol. The van der Waals surface area contributed by atoms with E-state index in [1.165, 1.54) is 0 Å². The van der Waals surface area contributed by atoms with Crippen molar-refractivity contribution in [2.45, 2.75) is 19.9 Å². The molecule has 0 saturated carbocycles. The van der Waals surface area contributed by atoms with Gasteiger partial charge in [-0.2, -0.15) is 10.2 Å². The van der Waals surface area contributed by atoms with Gasteiger partial charge < -0.3 is 9.47 Å². The number of hydrazine groups is 1. The van der Waals surface area contributed by atoms with Crippen LogP contribution in [-0.4, -0.2) is 24.4 Å². The zero-order chi connectivity index (χ0) is 15.4. The normalized spacial score (nSPS) is 12.0. The summed E-state index contributed by atoms with van der Waals surface area (Å²) in [5.74, 6) is 7.19. The number of methoxy groups -OCH3 is 2. The lowest BCUT2D eigenvalue weighted by Gasteiger charge is -2.21. The number of nitrogens with zero attached hydrogens (tertiary/aromatic N) is 2. The SMILES string of the molecule is COc1ccc(C(NN)c2cc(C)nnc2C)c(OC)c1. The third-order valence-electron chi connectivity index (χ3n) is 3.37. The maximum atomic E-state index is 5.76. The summed E-state index contributed by atoms with van der Waals surface area (Å²) in [5.41, 5.74) is 6.36. The molecule has 6 heteroatoms. The van der Waals surface area contributed by atoms with Gasteiger partial charge in [-0.05, 0) is 37.6 Å². The fourth-order valence-electron chi connectivity index (χ4n) is 2.27. The highest BCUT2D eigenvalue weighted by atomic mass is 16.5. The lowest BCUT2D eigenvalue weighted by molar-refractivity contribution is 0.387. The van der Waals surface area contributed by atoms with Crippen LogP contribution in [0.4, 0.5) is 0 Å². The summed E-state index contributed by atoms with van der Waals surface area (Å²) in [4.78, 5) is 0. The second-order valence-corrected chi connectivity index (χ2v) is 4.73. The van der Waals surface area contributed by atoms with Gasteiger partial charge in [-0.15, -0.1) is 0 Å². The molecule has 1 aromatic heterocycles. The van der Waals surface area contributed by atoms with Crippen LogP contribution in [0.5, 0.6) is 11.5 Å². The lowest BCUT2D eigenvalue weighted by atomic mass is 9.97. The van der Waals surface area contributed by atoms with Gasteiger partial charge in [0.05, 0.1) is 31.6 Å². The minimum Gasteiger partial charge on any atom is -0.497 e. The average molecular weight is 288 g/mol. The summed E-state index contributed by atoms with van der Waals surface area (Å²) in [6, 6.07) is 7.36. The smallest absolute Gasteiger partial charge is 0.127 e. The van der Waals surface area contributed by atoms with Crippen molar-refractivity contribution in [3.05, 3.63) is 46.8 Å². The Balaban J connectivity index is 2.53. The second kappa shape index (κ2) is 6.51. The molecule has 0 aliphatic heterocycles. The molecule has 0 aliphatic rings. The molecule has 0 amide bonds. The van der Waals surface area contributed by atoms with Crippen LogP contribution in [0, 0.1) is 13.8 Å². The van der Waals surface area contributed by atoms with Gasteiger partial charge in [0.1, 0.15) is 11.5 Å². The van der Waals surface area contributed by atoms with Crippen molar-refractivity contribution in [2.24, 2.45) is 5.84 Å². The number of aryl methyl sites for hydroxylation is 2. The summed E-state index contributed by atoms with van der Waals surface area (Å²) in [5, 5.41) is 8.20. The van der Waals surface area contributed by atoms with Crippen LogP contribution in [0.25, 0.3) is 0 Å². The highest BCUT2D eigenvalue weighted by Crippen LogP contribution is 2.33. The van der Waals surface area contributed by atoms with Gasteiger partial charge in [0.25, 0.3) is 0 Å². The van der Waals surface area contributed by atoms with Crippen molar-refractivity contribution in [1.82, 2.24) is 15.6 Å². The zero-order valence-corrected chi connectivity index (χ0v) is 12.7. The molecule has 0 radical (unpaired) electrons. The Hall–Kier alpha value is -2.18. The van der Waals surface area contributed by atoms with Gasteiger partial charge in [0.15, 0.2) is 0 Å². The standard InChI is InChI=1S/C15H20N4O2/c1-9-7-13(10(2)19-18-9)15(17-16)12-6-5-11(20-3)8-14(12)21-4/h5-8,15,17H,16H2,1-4H3. The molecule has 112 valence electrons. The highest BCUT2D eigenvalue weighted by Gasteiger charge is 2.20. The lowest BCUT2D eigenvalue weighted by Crippen LogP contribution is -2.30. The predicted octanol–water partition coefficient (Wildman–Crippen LogP) is 1.66. The topological polar surface area (TPSA) is 82.3 Å². The number of rotatable bonds is 5. The fourth-order valence-corrected chi connectivity index (χ4v) is 2.27. The minimum absolute atomic E-state index is 0.236. The molecular weight excluding hydrogens is 268 g/mol. The first-order chi connectivity index (χ1) is 10.1. The summed E-state index contributed by atoms with van der Waals surface area (Å²) >= 11 is 0. The molecule has 6 nitrogen and oxygen atoms in total. The van der Waals surface area contributed by atoms with E-state index in [4.69, 9.17) is 15.3 Å². The van der Waals surface area contributed by atoms with E-state index in [0.29, 0.717) is 5.75 Å². The summed E-state index contributed by atoms with van der Waals surface area (Å²) < 4.78 is 10.7. The van der Waals surface area contributed by atoms with Crippen LogP contribution in [0.3, 0.4) is 0 Å². The molecule has 1 unspecified atom stereocenters. The predicted molar refractivity (Wildman–Crippen MR) is 80.2 cm³/mol. The molecule has 0 spiro atoms. The van der Waals surface area contributed by atoms with Crippen molar-refractivity contribution < 1.29 is 9.47 Å². The Labute approximate surface area is 124 Å². The van der Waals surface area contributed by atoms with E-state index in [1.54, 1.807) is 14.2 Å². The molecule has 0 fully saturated rings. The van der Waals surface area contributed by atoms with Crippen molar-refractivity contribution in [2.75, 3.05) is 14.2 Å². The van der Waals surface area contributed by atoms with Crippen LogP contribution < -0.4 is 20.7 Å². The Morgan fingerprint density at radius 3 is 2.43 bits per heavy atom. The first-order valence-electron chi connectivity index (χ1n) is 6.59.